The number of carboxylic acid groups (broad SMARTS) is 1. The summed E-state index contributed by atoms with van der Waals surface area (Å²) in [4.78, 5) is 23.6. The van der Waals surface area contributed by atoms with Crippen molar-refractivity contribution >= 4 is 33.5 Å². The minimum absolute atomic E-state index is 0.0430. The second kappa shape index (κ2) is 6.47. The van der Waals surface area contributed by atoms with Crippen molar-refractivity contribution in [1.29, 1.82) is 0 Å². The molecule has 0 radical (unpaired) electrons. The van der Waals surface area contributed by atoms with Gasteiger partial charge in [-0.05, 0) is 47.0 Å². The molecule has 0 aliphatic heterocycles. The SMILES string of the molecule is Nc1ccc(Br)c(C(=O)NC2(CC(=O)O)CCCCC2)c1. The number of nitrogens with two attached hydrogens (primary N) is 1. The van der Waals surface area contributed by atoms with Gasteiger partial charge < -0.3 is 16.2 Å². The van der Waals surface area contributed by atoms with Crippen LogP contribution in [0.3, 0.4) is 0 Å². The zero-order valence-corrected chi connectivity index (χ0v) is 13.3. The second-order valence-electron chi connectivity index (χ2n) is 5.60. The van der Waals surface area contributed by atoms with Gasteiger partial charge in [-0.15, -0.1) is 0 Å². The molecule has 21 heavy (non-hydrogen) atoms. The van der Waals surface area contributed by atoms with E-state index in [4.69, 9.17) is 10.8 Å². The van der Waals surface area contributed by atoms with Gasteiger partial charge in [0.15, 0.2) is 0 Å². The molecule has 5 nitrogen and oxygen atoms in total. The standard InChI is InChI=1S/C15H19BrN2O3/c16-12-5-4-10(17)8-11(12)14(21)18-15(9-13(19)20)6-2-1-3-7-15/h4-5,8H,1-3,6-7,9,17H2,(H,18,21)(H,19,20). The topological polar surface area (TPSA) is 92.4 Å². The second-order valence-corrected chi connectivity index (χ2v) is 6.46. The summed E-state index contributed by atoms with van der Waals surface area (Å²) in [6.07, 6.45) is 4.31. The molecule has 1 aliphatic rings. The van der Waals surface area contributed by atoms with Crippen molar-refractivity contribution in [2.75, 3.05) is 5.73 Å². The molecule has 1 amide bonds. The van der Waals surface area contributed by atoms with Crippen LogP contribution in [0.1, 0.15) is 48.9 Å². The first-order valence-electron chi connectivity index (χ1n) is 7.01. The number of carboxylic acids is 1. The normalized spacial score (nSPS) is 17.2. The zero-order valence-electron chi connectivity index (χ0n) is 11.7. The van der Waals surface area contributed by atoms with E-state index in [0.717, 1.165) is 19.3 Å². The Kier molecular flexibility index (Phi) is 4.88. The highest BCUT2D eigenvalue weighted by atomic mass is 79.9. The Bertz CT molecular complexity index is 554. The lowest BCUT2D eigenvalue weighted by atomic mass is 9.79. The first-order valence-corrected chi connectivity index (χ1v) is 7.80. The highest BCUT2D eigenvalue weighted by Gasteiger charge is 2.36. The smallest absolute Gasteiger partial charge is 0.305 e. The Balaban J connectivity index is 2.21. The van der Waals surface area contributed by atoms with E-state index in [0.29, 0.717) is 28.6 Å². The quantitative estimate of drug-likeness (QED) is 0.724. The molecule has 0 atom stereocenters. The molecule has 0 aromatic heterocycles. The minimum atomic E-state index is -0.885. The number of carbonyl (C=O) groups is 2. The average molecular weight is 355 g/mol. The van der Waals surface area contributed by atoms with Gasteiger partial charge in [-0.25, -0.2) is 0 Å². The van der Waals surface area contributed by atoms with Crippen LogP contribution in [0.2, 0.25) is 0 Å². The van der Waals surface area contributed by atoms with Crippen LogP contribution in [0, 0.1) is 0 Å². The molecule has 1 aromatic carbocycles. The summed E-state index contributed by atoms with van der Waals surface area (Å²) < 4.78 is 0.649. The van der Waals surface area contributed by atoms with Gasteiger partial charge in [-0.1, -0.05) is 19.3 Å². The summed E-state index contributed by atoms with van der Waals surface area (Å²) in [5.41, 5.74) is 6.00. The molecule has 4 N–H and O–H groups in total. The summed E-state index contributed by atoms with van der Waals surface area (Å²) in [5.74, 6) is -1.17. The number of nitrogen functional groups attached to an aromatic ring is 1. The Morgan fingerprint density at radius 1 is 1.29 bits per heavy atom. The van der Waals surface area contributed by atoms with Crippen LogP contribution in [0.4, 0.5) is 5.69 Å². The summed E-state index contributed by atoms with van der Waals surface area (Å²) in [7, 11) is 0. The van der Waals surface area contributed by atoms with Gasteiger partial charge in [0.05, 0.1) is 17.5 Å². The molecule has 0 saturated heterocycles. The van der Waals surface area contributed by atoms with Crippen molar-refractivity contribution < 1.29 is 14.7 Å². The molecular formula is C15H19BrN2O3. The summed E-state index contributed by atoms with van der Waals surface area (Å²) in [5, 5.41) is 12.1. The third kappa shape index (κ3) is 3.97. The third-order valence-corrected chi connectivity index (χ3v) is 4.61. The lowest BCUT2D eigenvalue weighted by Crippen LogP contribution is -2.51. The van der Waals surface area contributed by atoms with Crippen LogP contribution in [0.5, 0.6) is 0 Å². The van der Waals surface area contributed by atoms with E-state index in [1.54, 1.807) is 18.2 Å². The van der Waals surface area contributed by atoms with Crippen molar-refractivity contribution in [3.8, 4) is 0 Å². The van der Waals surface area contributed by atoms with E-state index in [9.17, 15) is 9.59 Å². The third-order valence-electron chi connectivity index (χ3n) is 3.91. The van der Waals surface area contributed by atoms with E-state index in [1.165, 1.54) is 0 Å². The number of hydrogen-bond donors (Lipinski definition) is 3. The highest BCUT2D eigenvalue weighted by molar-refractivity contribution is 9.10. The van der Waals surface area contributed by atoms with E-state index in [2.05, 4.69) is 21.2 Å². The molecule has 0 bridgehead atoms. The van der Waals surface area contributed by atoms with Crippen molar-refractivity contribution in [2.45, 2.75) is 44.1 Å². The molecule has 2 rings (SSSR count). The Hall–Kier alpha value is -1.56. The molecule has 1 aromatic rings. The Morgan fingerprint density at radius 2 is 1.95 bits per heavy atom. The van der Waals surface area contributed by atoms with Crippen LogP contribution < -0.4 is 11.1 Å². The molecule has 0 unspecified atom stereocenters. The number of aliphatic carboxylic acids is 1. The Labute approximate surface area is 132 Å². The molecule has 0 spiro atoms. The van der Waals surface area contributed by atoms with Crippen molar-refractivity contribution in [1.82, 2.24) is 5.32 Å². The maximum absolute atomic E-state index is 12.5. The predicted octanol–water partition coefficient (Wildman–Crippen LogP) is 2.94. The molecule has 1 saturated carbocycles. The number of carbonyl (C=O) groups excluding carboxylic acids is 1. The lowest BCUT2D eigenvalue weighted by molar-refractivity contribution is -0.139. The Morgan fingerprint density at radius 3 is 2.57 bits per heavy atom. The zero-order chi connectivity index (χ0) is 15.5. The van der Waals surface area contributed by atoms with Crippen LogP contribution in [0.15, 0.2) is 22.7 Å². The summed E-state index contributed by atoms with van der Waals surface area (Å²) in [6.45, 7) is 0. The van der Waals surface area contributed by atoms with E-state index in [1.807, 2.05) is 0 Å². The summed E-state index contributed by atoms with van der Waals surface area (Å²) in [6, 6.07) is 5.01. The average Bonchev–Trinajstić information content (AvgIpc) is 2.41. The molecule has 1 aliphatic carbocycles. The number of halogens is 1. The van der Waals surface area contributed by atoms with E-state index in [-0.39, 0.29) is 12.3 Å². The summed E-state index contributed by atoms with van der Waals surface area (Å²) >= 11 is 3.33. The van der Waals surface area contributed by atoms with Gasteiger partial charge in [0.2, 0.25) is 0 Å². The highest BCUT2D eigenvalue weighted by Crippen LogP contribution is 2.32. The monoisotopic (exact) mass is 354 g/mol. The largest absolute Gasteiger partial charge is 0.481 e. The number of benzene rings is 1. The minimum Gasteiger partial charge on any atom is -0.481 e. The maximum Gasteiger partial charge on any atom is 0.305 e. The van der Waals surface area contributed by atoms with Gasteiger partial charge in [0.25, 0.3) is 5.91 Å². The fourth-order valence-corrected chi connectivity index (χ4v) is 3.32. The van der Waals surface area contributed by atoms with Crippen LogP contribution >= 0.6 is 15.9 Å². The number of rotatable bonds is 4. The van der Waals surface area contributed by atoms with Crippen molar-refractivity contribution in [2.24, 2.45) is 0 Å². The lowest BCUT2D eigenvalue weighted by Gasteiger charge is -2.37. The van der Waals surface area contributed by atoms with Gasteiger partial charge in [-0.2, -0.15) is 0 Å². The molecule has 1 fully saturated rings. The first kappa shape index (κ1) is 15.8. The van der Waals surface area contributed by atoms with Crippen LogP contribution in [-0.4, -0.2) is 22.5 Å². The van der Waals surface area contributed by atoms with Crippen LogP contribution in [-0.2, 0) is 4.79 Å². The van der Waals surface area contributed by atoms with E-state index >= 15 is 0 Å². The number of anilines is 1. The van der Waals surface area contributed by atoms with Gasteiger partial charge in [0, 0.05) is 10.2 Å². The van der Waals surface area contributed by atoms with Gasteiger partial charge >= 0.3 is 5.97 Å². The number of hydrogen-bond acceptors (Lipinski definition) is 3. The number of amides is 1. The maximum atomic E-state index is 12.5. The van der Waals surface area contributed by atoms with Gasteiger partial charge in [0.1, 0.15) is 0 Å². The van der Waals surface area contributed by atoms with Crippen molar-refractivity contribution in [3.63, 3.8) is 0 Å². The predicted molar refractivity (Wildman–Crippen MR) is 84.1 cm³/mol. The molecular weight excluding hydrogens is 336 g/mol. The van der Waals surface area contributed by atoms with Crippen molar-refractivity contribution in [3.05, 3.63) is 28.2 Å². The number of nitrogens with one attached hydrogen (secondary N) is 1. The fraction of sp³-hybridized carbons (Fsp3) is 0.467. The molecule has 0 heterocycles. The molecule has 114 valence electrons. The molecule has 6 heteroatoms. The fourth-order valence-electron chi connectivity index (χ4n) is 2.89. The first-order chi connectivity index (χ1) is 9.92. The van der Waals surface area contributed by atoms with Gasteiger partial charge in [-0.3, -0.25) is 9.59 Å². The van der Waals surface area contributed by atoms with Crippen LogP contribution in [0.25, 0.3) is 0 Å². The van der Waals surface area contributed by atoms with E-state index < -0.39 is 11.5 Å².